The molecule has 0 amide bonds. The molecule has 0 aromatic heterocycles. The molecule has 0 radical (unpaired) electrons. The van der Waals surface area contributed by atoms with Crippen molar-refractivity contribution in [3.8, 4) is 0 Å². The average Bonchev–Trinajstić information content (AvgIpc) is 1.73. The molecule has 11 heteroatoms. The first-order chi connectivity index (χ1) is 6.52. The quantitative estimate of drug-likeness (QED) is 0.541. The van der Waals surface area contributed by atoms with Crippen LogP contribution in [0.5, 0.6) is 0 Å². The molecule has 1 rings (SSSR count). The number of hydrogen-bond acceptors (Lipinski definition) is 5. The Hall–Kier alpha value is 0.650. The van der Waals surface area contributed by atoms with Crippen LogP contribution in [0, 0.1) is 0 Å². The summed E-state index contributed by atoms with van der Waals surface area (Å²) in [6.45, 7) is 0. The zero-order valence-electron chi connectivity index (χ0n) is 6.31. The first-order valence-electron chi connectivity index (χ1n) is 2.97. The van der Waals surface area contributed by atoms with Crippen LogP contribution < -0.4 is 0 Å². The minimum atomic E-state index is -4.81. The van der Waals surface area contributed by atoms with Crippen LogP contribution in [0.25, 0.3) is 0 Å². The van der Waals surface area contributed by atoms with Crippen molar-refractivity contribution in [1.82, 2.24) is 0 Å². The summed E-state index contributed by atoms with van der Waals surface area (Å²) in [5, 5.41) is 0. The molecule has 1 aliphatic heterocycles. The predicted octanol–water partition coefficient (Wildman–Crippen LogP) is 4.70. The summed E-state index contributed by atoms with van der Waals surface area (Å²) >= 11 is -1.58. The smallest absolute Gasteiger partial charge is 0.274 e. The first-order valence-corrected chi connectivity index (χ1v) is 6.24. The third kappa shape index (κ3) is 4.57. The number of carbonyl (C=O) groups is 1. The van der Waals surface area contributed by atoms with Gasteiger partial charge in [-0.15, -0.1) is 0 Å². The van der Waals surface area contributed by atoms with Crippen molar-refractivity contribution in [3.63, 3.8) is 0 Å². The molecule has 0 unspecified atom stereocenters. The number of halogens is 6. The number of thioether (sulfide) groups is 4. The Kier molecular flexibility index (Phi) is 3.79. The van der Waals surface area contributed by atoms with E-state index < -0.39 is 41.7 Å². The van der Waals surface area contributed by atoms with Crippen LogP contribution in [0.1, 0.15) is 0 Å². The molecule has 0 aliphatic carbocycles. The Morgan fingerprint density at radius 3 is 1.47 bits per heavy atom. The molecule has 0 aromatic carbocycles. The molecule has 1 saturated heterocycles. The summed E-state index contributed by atoms with van der Waals surface area (Å²) in [6, 6.07) is 0. The fraction of sp³-hybridized carbons (Fsp3) is 0.750. The average molecular weight is 306 g/mol. The minimum Gasteiger partial charge on any atom is -0.274 e. The van der Waals surface area contributed by atoms with Crippen LogP contribution in [0.15, 0.2) is 0 Å². The Balaban J connectivity index is 2.69. The SMILES string of the molecule is O=C1SC(SC(F)(F)F)(SC(F)(F)F)S1. The van der Waals surface area contributed by atoms with Crippen molar-refractivity contribution in [2.75, 3.05) is 0 Å². The highest BCUT2D eigenvalue weighted by Crippen LogP contribution is 2.71. The largest absolute Gasteiger partial charge is 0.444 e. The summed E-state index contributed by atoms with van der Waals surface area (Å²) in [7, 11) is 0. The maximum absolute atomic E-state index is 11.9. The molecule has 0 spiro atoms. The highest BCUT2D eigenvalue weighted by atomic mass is 32.3. The van der Waals surface area contributed by atoms with Gasteiger partial charge in [-0.2, -0.15) is 26.3 Å². The fourth-order valence-electron chi connectivity index (χ4n) is 0.599. The maximum Gasteiger partial charge on any atom is 0.444 e. The summed E-state index contributed by atoms with van der Waals surface area (Å²) in [6.07, 6.45) is 0. The van der Waals surface area contributed by atoms with Gasteiger partial charge in [-0.25, -0.2) is 0 Å². The van der Waals surface area contributed by atoms with Gasteiger partial charge in [0, 0.05) is 0 Å². The summed E-state index contributed by atoms with van der Waals surface area (Å²) < 4.78 is 68.5. The van der Waals surface area contributed by atoms with Crippen LogP contribution >= 0.6 is 47.0 Å². The Bertz CT molecular complexity index is 245. The van der Waals surface area contributed by atoms with Crippen molar-refractivity contribution >= 4 is 51.5 Å². The van der Waals surface area contributed by atoms with E-state index in [0.29, 0.717) is 0 Å². The van der Waals surface area contributed by atoms with E-state index in [1.165, 1.54) is 0 Å². The minimum absolute atomic E-state index is 0.0397. The molecular weight excluding hydrogens is 306 g/mol. The third-order valence-electron chi connectivity index (χ3n) is 0.898. The van der Waals surface area contributed by atoms with E-state index in [1.54, 1.807) is 0 Å². The number of rotatable bonds is 2. The van der Waals surface area contributed by atoms with Gasteiger partial charge in [0.1, 0.15) is 0 Å². The monoisotopic (exact) mass is 306 g/mol. The van der Waals surface area contributed by atoms with Crippen molar-refractivity contribution in [3.05, 3.63) is 0 Å². The lowest BCUT2D eigenvalue weighted by atomic mass is 11.5. The van der Waals surface area contributed by atoms with Crippen LogP contribution in [0.4, 0.5) is 31.1 Å². The van der Waals surface area contributed by atoms with E-state index >= 15 is 0 Å². The topological polar surface area (TPSA) is 17.1 Å². The molecule has 0 saturated carbocycles. The highest BCUT2D eigenvalue weighted by Gasteiger charge is 2.59. The van der Waals surface area contributed by atoms with E-state index in [4.69, 9.17) is 0 Å². The molecule has 1 nitrogen and oxygen atoms in total. The van der Waals surface area contributed by atoms with Gasteiger partial charge in [0.05, 0.1) is 0 Å². The molecule has 0 bridgehead atoms. The van der Waals surface area contributed by atoms with E-state index in [2.05, 4.69) is 0 Å². The Labute approximate surface area is 96.5 Å². The molecule has 1 heterocycles. The van der Waals surface area contributed by atoms with Gasteiger partial charge in [0.15, 0.2) is 2.74 Å². The molecule has 15 heavy (non-hydrogen) atoms. The van der Waals surface area contributed by atoms with Gasteiger partial charge < -0.3 is 0 Å². The normalized spacial score (nSPS) is 21.3. The van der Waals surface area contributed by atoms with Crippen LogP contribution in [-0.2, 0) is 0 Å². The predicted molar refractivity (Wildman–Crippen MR) is 50.6 cm³/mol. The molecule has 1 aliphatic rings. The van der Waals surface area contributed by atoms with Gasteiger partial charge in [-0.1, -0.05) is 0 Å². The summed E-state index contributed by atoms with van der Waals surface area (Å²) in [4.78, 5) is 10.5. The molecule has 88 valence electrons. The zero-order chi connectivity index (χ0) is 11.9. The third-order valence-corrected chi connectivity index (χ3v) is 6.19. The van der Waals surface area contributed by atoms with Gasteiger partial charge in [-0.05, 0) is 47.0 Å². The summed E-state index contributed by atoms with van der Waals surface area (Å²) in [5.74, 6) is 0. The zero-order valence-corrected chi connectivity index (χ0v) is 9.58. The molecule has 0 atom stereocenters. The number of carbonyl (C=O) groups excluding carboxylic acids is 1. The second kappa shape index (κ2) is 4.15. The number of hydrogen-bond donors (Lipinski definition) is 0. The van der Waals surface area contributed by atoms with Crippen molar-refractivity contribution in [1.29, 1.82) is 0 Å². The summed E-state index contributed by atoms with van der Waals surface area (Å²) in [5.41, 5.74) is -9.61. The molecule has 0 N–H and O–H groups in total. The van der Waals surface area contributed by atoms with E-state index in [0.717, 1.165) is 0 Å². The van der Waals surface area contributed by atoms with Gasteiger partial charge in [0.2, 0.25) is 0 Å². The molecular formula is C4F6OS4. The lowest BCUT2D eigenvalue weighted by molar-refractivity contribution is -0.0341. The Morgan fingerprint density at radius 2 is 1.27 bits per heavy atom. The van der Waals surface area contributed by atoms with Gasteiger partial charge >= 0.3 is 11.0 Å². The molecule has 0 aromatic rings. The van der Waals surface area contributed by atoms with Crippen LogP contribution in [0.3, 0.4) is 0 Å². The fourth-order valence-corrected chi connectivity index (χ4v) is 6.62. The van der Waals surface area contributed by atoms with Crippen LogP contribution in [0.2, 0.25) is 0 Å². The van der Waals surface area contributed by atoms with Gasteiger partial charge in [0.25, 0.3) is 4.45 Å². The van der Waals surface area contributed by atoms with Crippen molar-refractivity contribution < 1.29 is 31.1 Å². The molecule has 1 fully saturated rings. The highest BCUT2D eigenvalue weighted by molar-refractivity contribution is 8.68. The van der Waals surface area contributed by atoms with Crippen molar-refractivity contribution in [2.24, 2.45) is 0 Å². The van der Waals surface area contributed by atoms with Gasteiger partial charge in [-0.3, -0.25) is 4.79 Å². The standard InChI is InChI=1S/C4F6OS4/c5-2(6,7)14-4(12-1(11)13-4)15-3(8,9)10. The first kappa shape index (κ1) is 13.7. The van der Waals surface area contributed by atoms with E-state index in [1.807, 2.05) is 0 Å². The maximum atomic E-state index is 11.9. The van der Waals surface area contributed by atoms with Crippen molar-refractivity contribution in [2.45, 2.75) is 13.8 Å². The van der Waals surface area contributed by atoms with Crippen LogP contribution in [-0.4, -0.2) is 18.2 Å². The number of alkyl halides is 6. The lowest BCUT2D eigenvalue weighted by Crippen LogP contribution is -2.30. The Morgan fingerprint density at radius 1 is 0.933 bits per heavy atom. The van der Waals surface area contributed by atoms with E-state index in [9.17, 15) is 31.1 Å². The second-order valence-corrected chi connectivity index (χ2v) is 8.79. The van der Waals surface area contributed by atoms with E-state index in [-0.39, 0.29) is 23.5 Å². The lowest BCUT2D eigenvalue weighted by Gasteiger charge is -2.36. The second-order valence-electron chi connectivity index (χ2n) is 2.05.